The van der Waals surface area contributed by atoms with Crippen molar-refractivity contribution in [3.8, 4) is 5.75 Å². The van der Waals surface area contributed by atoms with Gasteiger partial charge >= 0.3 is 0 Å². The molecule has 0 saturated heterocycles. The normalized spacial score (nSPS) is 11.1. The molecule has 0 spiro atoms. The van der Waals surface area contributed by atoms with Crippen LogP contribution in [0.25, 0.3) is 0 Å². The Morgan fingerprint density at radius 1 is 1.29 bits per heavy atom. The van der Waals surface area contributed by atoms with Crippen LogP contribution in [0.1, 0.15) is 30.7 Å². The van der Waals surface area contributed by atoms with Crippen LogP contribution in [0, 0.1) is 18.7 Å². The molecule has 1 aromatic carbocycles. The van der Waals surface area contributed by atoms with E-state index in [2.05, 4.69) is 19.2 Å². The summed E-state index contributed by atoms with van der Waals surface area (Å²) >= 11 is 0. The van der Waals surface area contributed by atoms with Gasteiger partial charge in [0.05, 0.1) is 6.26 Å². The molecule has 3 nitrogen and oxygen atoms in total. The second-order valence-electron chi connectivity index (χ2n) is 5.67. The van der Waals surface area contributed by atoms with Crippen molar-refractivity contribution in [3.63, 3.8) is 0 Å². The third-order valence-corrected chi connectivity index (χ3v) is 3.05. The van der Waals surface area contributed by atoms with Gasteiger partial charge in [-0.1, -0.05) is 19.9 Å². The molecule has 2 rings (SSSR count). The first kappa shape index (κ1) is 15.6. The van der Waals surface area contributed by atoms with Crippen molar-refractivity contribution in [2.24, 2.45) is 5.92 Å². The molecule has 0 radical (unpaired) electrons. The van der Waals surface area contributed by atoms with Crippen LogP contribution in [0.15, 0.2) is 34.9 Å². The number of halogens is 1. The minimum Gasteiger partial charge on any atom is -0.483 e. The van der Waals surface area contributed by atoms with Crippen LogP contribution < -0.4 is 10.1 Å². The molecule has 0 unspecified atom stereocenters. The first-order valence-corrected chi connectivity index (χ1v) is 7.20. The largest absolute Gasteiger partial charge is 0.483 e. The Hall–Kier alpha value is -1.81. The fourth-order valence-electron chi connectivity index (χ4n) is 1.97. The molecule has 0 aliphatic heterocycles. The van der Waals surface area contributed by atoms with Gasteiger partial charge in [-0.05, 0) is 43.1 Å². The average Bonchev–Trinajstić information content (AvgIpc) is 2.87. The van der Waals surface area contributed by atoms with Gasteiger partial charge in [0.15, 0.2) is 11.6 Å². The third-order valence-electron chi connectivity index (χ3n) is 3.05. The smallest absolute Gasteiger partial charge is 0.165 e. The van der Waals surface area contributed by atoms with E-state index in [-0.39, 0.29) is 18.2 Å². The summed E-state index contributed by atoms with van der Waals surface area (Å²) < 4.78 is 24.5. The molecule has 0 aliphatic rings. The summed E-state index contributed by atoms with van der Waals surface area (Å²) in [4.78, 5) is 0. The van der Waals surface area contributed by atoms with Crippen LogP contribution in [0.5, 0.6) is 5.75 Å². The lowest BCUT2D eigenvalue weighted by atomic mass is 10.2. The van der Waals surface area contributed by atoms with E-state index in [1.54, 1.807) is 18.4 Å². The van der Waals surface area contributed by atoms with Crippen LogP contribution in [0.4, 0.5) is 4.39 Å². The standard InChI is InChI=1S/C17H22FNO2/c1-12(2)8-19-9-14-7-15(20-10-14)11-21-17-6-13(3)4-5-16(17)18/h4-7,10,12,19H,8-9,11H2,1-3H3. The monoisotopic (exact) mass is 291 g/mol. The Labute approximate surface area is 125 Å². The molecule has 1 aromatic heterocycles. The van der Waals surface area contributed by atoms with Crippen LogP contribution >= 0.6 is 0 Å². The Balaban J connectivity index is 1.86. The Kier molecular flexibility index (Phi) is 5.39. The molecule has 0 amide bonds. The zero-order valence-corrected chi connectivity index (χ0v) is 12.8. The molecule has 1 N–H and O–H groups in total. The van der Waals surface area contributed by atoms with E-state index in [0.717, 1.165) is 24.2 Å². The topological polar surface area (TPSA) is 34.4 Å². The number of hydrogen-bond donors (Lipinski definition) is 1. The molecule has 4 heteroatoms. The van der Waals surface area contributed by atoms with Crippen molar-refractivity contribution in [1.82, 2.24) is 5.32 Å². The van der Waals surface area contributed by atoms with E-state index >= 15 is 0 Å². The number of hydrogen-bond acceptors (Lipinski definition) is 3. The molecule has 114 valence electrons. The first-order chi connectivity index (χ1) is 10.0. The molecule has 2 aromatic rings. The van der Waals surface area contributed by atoms with Crippen LogP contribution in [0.3, 0.4) is 0 Å². The van der Waals surface area contributed by atoms with E-state index in [0.29, 0.717) is 11.7 Å². The second kappa shape index (κ2) is 7.27. The van der Waals surface area contributed by atoms with Gasteiger partial charge < -0.3 is 14.5 Å². The van der Waals surface area contributed by atoms with Gasteiger partial charge in [0.2, 0.25) is 0 Å². The summed E-state index contributed by atoms with van der Waals surface area (Å²) in [6, 6.07) is 6.74. The quantitative estimate of drug-likeness (QED) is 0.835. The van der Waals surface area contributed by atoms with Gasteiger partial charge in [-0.3, -0.25) is 0 Å². The highest BCUT2D eigenvalue weighted by Gasteiger charge is 2.07. The lowest BCUT2D eigenvalue weighted by Gasteiger charge is -2.06. The number of aryl methyl sites for hydroxylation is 1. The number of rotatable bonds is 7. The second-order valence-corrected chi connectivity index (χ2v) is 5.67. The Morgan fingerprint density at radius 2 is 2.10 bits per heavy atom. The van der Waals surface area contributed by atoms with Gasteiger partial charge in [0, 0.05) is 12.1 Å². The van der Waals surface area contributed by atoms with Crippen molar-refractivity contribution in [2.75, 3.05) is 6.54 Å². The third kappa shape index (κ3) is 4.90. The van der Waals surface area contributed by atoms with Gasteiger partial charge in [0.1, 0.15) is 12.4 Å². The molecular formula is C17H22FNO2. The van der Waals surface area contributed by atoms with Gasteiger partial charge in [-0.2, -0.15) is 0 Å². The lowest BCUT2D eigenvalue weighted by Crippen LogP contribution is -2.18. The zero-order chi connectivity index (χ0) is 15.2. The SMILES string of the molecule is Cc1ccc(F)c(OCc2cc(CNCC(C)C)co2)c1. The first-order valence-electron chi connectivity index (χ1n) is 7.20. The fourth-order valence-corrected chi connectivity index (χ4v) is 1.97. The molecule has 21 heavy (non-hydrogen) atoms. The van der Waals surface area contributed by atoms with E-state index in [4.69, 9.17) is 9.15 Å². The molecule has 0 atom stereocenters. The fraction of sp³-hybridized carbons (Fsp3) is 0.412. The van der Waals surface area contributed by atoms with E-state index in [1.165, 1.54) is 6.07 Å². The predicted octanol–water partition coefficient (Wildman–Crippen LogP) is 4.05. The van der Waals surface area contributed by atoms with Gasteiger partial charge in [0.25, 0.3) is 0 Å². The maximum Gasteiger partial charge on any atom is 0.165 e. The Bertz CT molecular complexity index is 578. The highest BCUT2D eigenvalue weighted by molar-refractivity contribution is 5.29. The van der Waals surface area contributed by atoms with Crippen molar-refractivity contribution in [1.29, 1.82) is 0 Å². The van der Waals surface area contributed by atoms with Crippen molar-refractivity contribution in [2.45, 2.75) is 33.9 Å². The van der Waals surface area contributed by atoms with Crippen LogP contribution in [-0.4, -0.2) is 6.54 Å². The molecule has 0 saturated carbocycles. The average molecular weight is 291 g/mol. The number of furan rings is 1. The lowest BCUT2D eigenvalue weighted by molar-refractivity contribution is 0.258. The maximum atomic E-state index is 13.6. The predicted molar refractivity (Wildman–Crippen MR) is 80.7 cm³/mol. The van der Waals surface area contributed by atoms with Gasteiger partial charge in [-0.25, -0.2) is 4.39 Å². The van der Waals surface area contributed by atoms with E-state index in [9.17, 15) is 4.39 Å². The highest BCUT2D eigenvalue weighted by Crippen LogP contribution is 2.20. The number of nitrogens with one attached hydrogen (secondary N) is 1. The molecule has 0 fully saturated rings. The minimum absolute atomic E-state index is 0.227. The van der Waals surface area contributed by atoms with Crippen LogP contribution in [0.2, 0.25) is 0 Å². The zero-order valence-electron chi connectivity index (χ0n) is 12.8. The summed E-state index contributed by atoms with van der Waals surface area (Å²) in [6.07, 6.45) is 1.71. The molecular weight excluding hydrogens is 269 g/mol. The maximum absolute atomic E-state index is 13.6. The summed E-state index contributed by atoms with van der Waals surface area (Å²) in [5.41, 5.74) is 2.03. The van der Waals surface area contributed by atoms with Crippen molar-refractivity contribution < 1.29 is 13.5 Å². The van der Waals surface area contributed by atoms with Gasteiger partial charge in [-0.15, -0.1) is 0 Å². The van der Waals surface area contributed by atoms with E-state index < -0.39 is 0 Å². The summed E-state index contributed by atoms with van der Waals surface area (Å²) in [7, 11) is 0. The summed E-state index contributed by atoms with van der Waals surface area (Å²) in [6.45, 7) is 8.18. The van der Waals surface area contributed by atoms with Crippen molar-refractivity contribution >= 4 is 0 Å². The van der Waals surface area contributed by atoms with Crippen molar-refractivity contribution in [3.05, 3.63) is 53.2 Å². The minimum atomic E-state index is -0.356. The van der Waals surface area contributed by atoms with Crippen LogP contribution in [-0.2, 0) is 13.2 Å². The summed E-state index contributed by atoms with van der Waals surface area (Å²) in [5, 5.41) is 3.34. The number of benzene rings is 1. The Morgan fingerprint density at radius 3 is 2.86 bits per heavy atom. The van der Waals surface area contributed by atoms with E-state index in [1.807, 2.05) is 13.0 Å². The summed E-state index contributed by atoms with van der Waals surface area (Å²) in [5.74, 6) is 1.21. The molecule has 1 heterocycles. The highest BCUT2D eigenvalue weighted by atomic mass is 19.1. The molecule has 0 aliphatic carbocycles. The molecule has 0 bridgehead atoms. The number of ether oxygens (including phenoxy) is 1.